The van der Waals surface area contributed by atoms with Crippen molar-refractivity contribution in [3.05, 3.63) is 30.1 Å². The maximum absolute atomic E-state index is 11.8. The van der Waals surface area contributed by atoms with Gasteiger partial charge in [-0.2, -0.15) is 0 Å². The van der Waals surface area contributed by atoms with Gasteiger partial charge >= 0.3 is 0 Å². The van der Waals surface area contributed by atoms with Gasteiger partial charge < -0.3 is 11.1 Å². The van der Waals surface area contributed by atoms with E-state index >= 15 is 0 Å². The third kappa shape index (κ3) is 4.80. The van der Waals surface area contributed by atoms with Gasteiger partial charge in [0, 0.05) is 18.2 Å². The van der Waals surface area contributed by atoms with Crippen LogP contribution in [0.15, 0.2) is 24.4 Å². The average Bonchev–Trinajstić information content (AvgIpc) is 2.74. The zero-order chi connectivity index (χ0) is 11.4. The van der Waals surface area contributed by atoms with Crippen LogP contribution in [0.4, 0.5) is 0 Å². The van der Waals surface area contributed by atoms with Crippen molar-refractivity contribution in [1.82, 2.24) is 10.3 Å². The first kappa shape index (κ1) is 17.2. The number of aromatic nitrogens is 1. The first-order valence-electron chi connectivity index (χ1n) is 5.69. The number of rotatable bonds is 3. The third-order valence-corrected chi connectivity index (χ3v) is 3.01. The van der Waals surface area contributed by atoms with Crippen molar-refractivity contribution >= 4 is 30.7 Å². The van der Waals surface area contributed by atoms with Gasteiger partial charge in [-0.25, -0.2) is 0 Å². The second-order valence-corrected chi connectivity index (χ2v) is 4.31. The van der Waals surface area contributed by atoms with E-state index in [2.05, 4.69) is 10.3 Å². The molecule has 0 spiro atoms. The van der Waals surface area contributed by atoms with Crippen molar-refractivity contribution in [2.75, 3.05) is 0 Å². The minimum Gasteiger partial charge on any atom is -0.350 e. The predicted molar refractivity (Wildman–Crippen MR) is 75.9 cm³/mol. The molecule has 0 bridgehead atoms. The van der Waals surface area contributed by atoms with Crippen molar-refractivity contribution in [2.24, 2.45) is 11.7 Å². The Morgan fingerprint density at radius 3 is 2.72 bits per heavy atom. The van der Waals surface area contributed by atoms with Crippen LogP contribution in [0.3, 0.4) is 0 Å². The summed E-state index contributed by atoms with van der Waals surface area (Å²) in [5.74, 6) is 0.206. The highest BCUT2D eigenvalue weighted by molar-refractivity contribution is 5.85. The third-order valence-electron chi connectivity index (χ3n) is 3.01. The Kier molecular flexibility index (Phi) is 7.91. The van der Waals surface area contributed by atoms with Crippen LogP contribution in [0.25, 0.3) is 0 Å². The van der Waals surface area contributed by atoms with Gasteiger partial charge in [0.25, 0.3) is 0 Å². The van der Waals surface area contributed by atoms with Crippen LogP contribution < -0.4 is 11.1 Å². The molecule has 3 N–H and O–H groups in total. The molecular formula is C12H19Cl2N3O. The lowest BCUT2D eigenvalue weighted by atomic mass is 10.1. The Balaban J connectivity index is 0.00000144. The zero-order valence-corrected chi connectivity index (χ0v) is 11.7. The van der Waals surface area contributed by atoms with Crippen molar-refractivity contribution in [3.8, 4) is 0 Å². The SMILES string of the molecule is Cl.Cl.NC1CCC(C(=O)NCc2ccccn2)C1. The summed E-state index contributed by atoms with van der Waals surface area (Å²) in [6, 6.07) is 5.88. The van der Waals surface area contributed by atoms with Crippen LogP contribution >= 0.6 is 24.8 Å². The number of amides is 1. The molecule has 2 unspecified atom stereocenters. The van der Waals surface area contributed by atoms with E-state index in [4.69, 9.17) is 5.73 Å². The molecule has 1 heterocycles. The average molecular weight is 292 g/mol. The first-order valence-corrected chi connectivity index (χ1v) is 5.69. The molecule has 1 fully saturated rings. The van der Waals surface area contributed by atoms with Crippen LogP contribution in [0.2, 0.25) is 0 Å². The molecule has 2 atom stereocenters. The van der Waals surface area contributed by atoms with E-state index < -0.39 is 0 Å². The molecule has 1 aromatic rings. The Hall–Kier alpha value is -0.840. The predicted octanol–water partition coefficient (Wildman–Crippen LogP) is 1.67. The summed E-state index contributed by atoms with van der Waals surface area (Å²) in [6.07, 6.45) is 4.41. The summed E-state index contributed by atoms with van der Waals surface area (Å²) >= 11 is 0. The van der Waals surface area contributed by atoms with Crippen LogP contribution in [-0.4, -0.2) is 16.9 Å². The lowest BCUT2D eigenvalue weighted by Crippen LogP contribution is -2.30. The molecule has 4 nitrogen and oxygen atoms in total. The molecular weight excluding hydrogens is 273 g/mol. The van der Waals surface area contributed by atoms with Crippen molar-refractivity contribution in [2.45, 2.75) is 31.8 Å². The van der Waals surface area contributed by atoms with Gasteiger partial charge in [0.05, 0.1) is 12.2 Å². The number of carbonyl (C=O) groups is 1. The smallest absolute Gasteiger partial charge is 0.223 e. The molecule has 102 valence electrons. The Morgan fingerprint density at radius 2 is 2.17 bits per heavy atom. The lowest BCUT2D eigenvalue weighted by molar-refractivity contribution is -0.125. The topological polar surface area (TPSA) is 68.0 Å². The first-order chi connectivity index (χ1) is 7.75. The second-order valence-electron chi connectivity index (χ2n) is 4.31. The fourth-order valence-corrected chi connectivity index (χ4v) is 2.08. The number of nitrogens with one attached hydrogen (secondary N) is 1. The molecule has 0 aromatic carbocycles. The molecule has 6 heteroatoms. The molecule has 1 aromatic heterocycles. The number of carbonyl (C=O) groups excluding carboxylic acids is 1. The van der Waals surface area contributed by atoms with E-state index in [0.29, 0.717) is 6.54 Å². The molecule has 2 rings (SSSR count). The summed E-state index contributed by atoms with van der Waals surface area (Å²) in [5.41, 5.74) is 6.67. The number of nitrogens with two attached hydrogens (primary N) is 1. The van der Waals surface area contributed by atoms with Crippen molar-refractivity contribution in [3.63, 3.8) is 0 Å². The highest BCUT2D eigenvalue weighted by atomic mass is 35.5. The minimum absolute atomic E-state index is 0. The second kappa shape index (κ2) is 8.29. The van der Waals surface area contributed by atoms with Gasteiger partial charge in [0.2, 0.25) is 5.91 Å². The Morgan fingerprint density at radius 1 is 1.39 bits per heavy atom. The normalized spacial score (nSPS) is 21.6. The number of hydrogen-bond acceptors (Lipinski definition) is 3. The number of halogens is 2. The molecule has 18 heavy (non-hydrogen) atoms. The van der Waals surface area contributed by atoms with E-state index in [0.717, 1.165) is 25.0 Å². The molecule has 0 aliphatic heterocycles. The summed E-state index contributed by atoms with van der Waals surface area (Å²) in [4.78, 5) is 15.9. The van der Waals surface area contributed by atoms with E-state index in [1.54, 1.807) is 6.20 Å². The van der Waals surface area contributed by atoms with Gasteiger partial charge in [-0.1, -0.05) is 6.07 Å². The summed E-state index contributed by atoms with van der Waals surface area (Å²) in [7, 11) is 0. The largest absolute Gasteiger partial charge is 0.350 e. The van der Waals surface area contributed by atoms with Crippen LogP contribution in [0, 0.1) is 5.92 Å². The van der Waals surface area contributed by atoms with E-state index in [9.17, 15) is 4.79 Å². The molecule has 1 saturated carbocycles. The van der Waals surface area contributed by atoms with E-state index in [-0.39, 0.29) is 42.7 Å². The number of pyridine rings is 1. The molecule has 1 aliphatic carbocycles. The fourth-order valence-electron chi connectivity index (χ4n) is 2.08. The van der Waals surface area contributed by atoms with Gasteiger partial charge in [-0.15, -0.1) is 24.8 Å². The minimum atomic E-state index is 0. The quantitative estimate of drug-likeness (QED) is 0.890. The zero-order valence-electron chi connectivity index (χ0n) is 10.0. The summed E-state index contributed by atoms with van der Waals surface area (Å²) in [6.45, 7) is 0.505. The lowest BCUT2D eigenvalue weighted by Gasteiger charge is -2.10. The monoisotopic (exact) mass is 291 g/mol. The molecule has 1 aliphatic rings. The maximum Gasteiger partial charge on any atom is 0.223 e. The van der Waals surface area contributed by atoms with Crippen LogP contribution in [0.1, 0.15) is 25.0 Å². The molecule has 1 amide bonds. The van der Waals surface area contributed by atoms with E-state index in [1.165, 1.54) is 0 Å². The van der Waals surface area contributed by atoms with Gasteiger partial charge in [-0.05, 0) is 31.4 Å². The number of nitrogens with zero attached hydrogens (tertiary/aromatic N) is 1. The van der Waals surface area contributed by atoms with Gasteiger partial charge in [0.15, 0.2) is 0 Å². The van der Waals surface area contributed by atoms with Crippen molar-refractivity contribution < 1.29 is 4.79 Å². The maximum atomic E-state index is 11.8. The van der Waals surface area contributed by atoms with Crippen molar-refractivity contribution in [1.29, 1.82) is 0 Å². The van der Waals surface area contributed by atoms with Crippen LogP contribution in [-0.2, 0) is 11.3 Å². The fraction of sp³-hybridized carbons (Fsp3) is 0.500. The highest BCUT2D eigenvalue weighted by Crippen LogP contribution is 2.23. The number of hydrogen-bond donors (Lipinski definition) is 2. The summed E-state index contributed by atoms with van der Waals surface area (Å²) in [5, 5.41) is 2.90. The van der Waals surface area contributed by atoms with Gasteiger partial charge in [-0.3, -0.25) is 9.78 Å². The Bertz CT molecular complexity index is 362. The highest BCUT2D eigenvalue weighted by Gasteiger charge is 2.27. The Labute approximate surface area is 120 Å². The van der Waals surface area contributed by atoms with Gasteiger partial charge in [0.1, 0.15) is 0 Å². The molecule has 0 radical (unpaired) electrons. The summed E-state index contributed by atoms with van der Waals surface area (Å²) < 4.78 is 0. The molecule has 0 saturated heterocycles. The standard InChI is InChI=1S/C12H17N3O.2ClH/c13-10-5-4-9(7-10)12(16)15-8-11-3-1-2-6-14-11;;/h1-3,6,9-10H,4-5,7-8,13H2,(H,15,16);2*1H. The van der Waals surface area contributed by atoms with Crippen LogP contribution in [0.5, 0.6) is 0 Å². The van der Waals surface area contributed by atoms with E-state index in [1.807, 2.05) is 18.2 Å².